The number of anilines is 1. The van der Waals surface area contributed by atoms with Gasteiger partial charge in [0, 0.05) is 14.3 Å². The molecule has 0 saturated heterocycles. The van der Waals surface area contributed by atoms with Crippen molar-refractivity contribution in [2.75, 3.05) is 5.73 Å². The molecular formula is C6H7BrN2. The number of nitrogen functional groups attached to an aromatic ring is 1. The zero-order valence-corrected chi connectivity index (χ0v) is 6.14. The van der Waals surface area contributed by atoms with Gasteiger partial charge < -0.3 is 5.73 Å². The average molecular weight is 190 g/mol. The van der Waals surface area contributed by atoms with Crippen LogP contribution in [-0.4, -0.2) is 4.98 Å². The summed E-state index contributed by atoms with van der Waals surface area (Å²) in [7, 11) is 0. The molecule has 1 aromatic rings. The first-order valence-electron chi connectivity index (χ1n) is 3.83. The fourth-order valence-corrected chi connectivity index (χ4v) is 0.969. The maximum atomic E-state index is 7.06. The standard InChI is InChI=1S/C6H7BrN2/c1-4-2-5(7)3-6(8)9-4/h2-3H,1H3,(H2,8,9)/i1D3. The third-order valence-corrected chi connectivity index (χ3v) is 1.27. The molecule has 1 heterocycles. The number of pyridine rings is 1. The summed E-state index contributed by atoms with van der Waals surface area (Å²) < 4.78 is 21.8. The summed E-state index contributed by atoms with van der Waals surface area (Å²) in [5, 5.41) is 0. The van der Waals surface area contributed by atoms with Crippen molar-refractivity contribution >= 4 is 21.7 Å². The monoisotopic (exact) mass is 189 g/mol. The first-order valence-corrected chi connectivity index (χ1v) is 3.12. The highest BCUT2D eigenvalue weighted by molar-refractivity contribution is 9.10. The summed E-state index contributed by atoms with van der Waals surface area (Å²) >= 11 is 3.14. The molecule has 0 atom stereocenters. The van der Waals surface area contributed by atoms with E-state index in [2.05, 4.69) is 20.9 Å². The predicted octanol–water partition coefficient (Wildman–Crippen LogP) is 1.73. The van der Waals surface area contributed by atoms with E-state index in [1.54, 1.807) is 6.07 Å². The van der Waals surface area contributed by atoms with E-state index < -0.39 is 6.85 Å². The second-order valence-corrected chi connectivity index (χ2v) is 2.51. The van der Waals surface area contributed by atoms with Gasteiger partial charge in [-0.25, -0.2) is 4.98 Å². The largest absolute Gasteiger partial charge is 0.384 e. The van der Waals surface area contributed by atoms with Gasteiger partial charge in [0.25, 0.3) is 0 Å². The summed E-state index contributed by atoms with van der Waals surface area (Å²) in [6.45, 7) is -2.20. The number of aromatic nitrogens is 1. The third-order valence-electron chi connectivity index (χ3n) is 0.810. The Morgan fingerprint density at radius 3 is 3.11 bits per heavy atom. The molecular weight excluding hydrogens is 180 g/mol. The van der Waals surface area contributed by atoms with Gasteiger partial charge in [0.15, 0.2) is 0 Å². The Bertz CT molecular complexity index is 277. The maximum absolute atomic E-state index is 7.06. The quantitative estimate of drug-likeness (QED) is 0.676. The summed E-state index contributed by atoms with van der Waals surface area (Å²) in [4.78, 5) is 3.69. The van der Waals surface area contributed by atoms with Crippen LogP contribution in [0.25, 0.3) is 0 Å². The third kappa shape index (κ3) is 1.68. The van der Waals surface area contributed by atoms with Crippen LogP contribution >= 0.6 is 15.9 Å². The van der Waals surface area contributed by atoms with Crippen LogP contribution in [0, 0.1) is 6.85 Å². The number of nitrogens with zero attached hydrogens (tertiary/aromatic N) is 1. The number of halogens is 1. The Labute approximate surface area is 66.4 Å². The summed E-state index contributed by atoms with van der Waals surface area (Å²) in [6, 6.07) is 2.98. The molecule has 9 heavy (non-hydrogen) atoms. The van der Waals surface area contributed by atoms with Crippen LogP contribution in [0.15, 0.2) is 16.6 Å². The van der Waals surface area contributed by atoms with E-state index in [4.69, 9.17) is 9.85 Å². The second kappa shape index (κ2) is 2.35. The van der Waals surface area contributed by atoms with Crippen molar-refractivity contribution in [3.8, 4) is 0 Å². The molecule has 0 aliphatic heterocycles. The molecule has 1 rings (SSSR count). The maximum Gasteiger partial charge on any atom is 0.124 e. The van der Waals surface area contributed by atoms with Gasteiger partial charge in [-0.05, 0) is 19.0 Å². The number of hydrogen-bond donors (Lipinski definition) is 1. The van der Waals surface area contributed by atoms with Crippen LogP contribution in [0.3, 0.4) is 0 Å². The molecule has 0 fully saturated rings. The Morgan fingerprint density at radius 2 is 2.56 bits per heavy atom. The van der Waals surface area contributed by atoms with Gasteiger partial charge in [-0.1, -0.05) is 15.9 Å². The molecule has 0 amide bonds. The predicted molar refractivity (Wildman–Crippen MR) is 41.1 cm³/mol. The number of rotatable bonds is 0. The van der Waals surface area contributed by atoms with E-state index in [9.17, 15) is 0 Å². The molecule has 0 aliphatic carbocycles. The summed E-state index contributed by atoms with van der Waals surface area (Å²) in [5.41, 5.74) is 5.37. The molecule has 0 aliphatic rings. The van der Waals surface area contributed by atoms with E-state index in [0.717, 1.165) is 0 Å². The van der Waals surface area contributed by atoms with Crippen LogP contribution in [-0.2, 0) is 0 Å². The summed E-state index contributed by atoms with van der Waals surface area (Å²) in [6.07, 6.45) is 0. The molecule has 0 aromatic carbocycles. The number of nitrogens with two attached hydrogens (primary N) is 1. The normalized spacial score (nSPS) is 15.9. The lowest BCUT2D eigenvalue weighted by molar-refractivity contribution is 1.20. The van der Waals surface area contributed by atoms with E-state index in [-0.39, 0.29) is 11.5 Å². The van der Waals surface area contributed by atoms with Crippen molar-refractivity contribution < 1.29 is 4.11 Å². The van der Waals surface area contributed by atoms with Crippen molar-refractivity contribution in [1.82, 2.24) is 4.98 Å². The van der Waals surface area contributed by atoms with Crippen molar-refractivity contribution in [2.45, 2.75) is 6.85 Å². The zero-order valence-electron chi connectivity index (χ0n) is 7.56. The minimum atomic E-state index is -2.20. The fourth-order valence-electron chi connectivity index (χ4n) is 0.517. The second-order valence-electron chi connectivity index (χ2n) is 1.60. The van der Waals surface area contributed by atoms with Crippen LogP contribution in [0.2, 0.25) is 0 Å². The van der Waals surface area contributed by atoms with Gasteiger partial charge in [-0.15, -0.1) is 0 Å². The minimum absolute atomic E-state index is 0.00868. The average Bonchev–Trinajstić information content (AvgIpc) is 1.82. The highest BCUT2D eigenvalue weighted by atomic mass is 79.9. The molecule has 0 bridgehead atoms. The first kappa shape index (κ1) is 3.56. The van der Waals surface area contributed by atoms with Gasteiger partial charge in [0.2, 0.25) is 0 Å². The minimum Gasteiger partial charge on any atom is -0.384 e. The van der Waals surface area contributed by atoms with Crippen molar-refractivity contribution in [1.29, 1.82) is 0 Å². The lowest BCUT2D eigenvalue weighted by atomic mass is 10.4. The van der Waals surface area contributed by atoms with Crippen molar-refractivity contribution in [3.05, 3.63) is 22.3 Å². The van der Waals surface area contributed by atoms with E-state index in [1.165, 1.54) is 6.07 Å². The zero-order chi connectivity index (χ0) is 9.35. The van der Waals surface area contributed by atoms with Crippen molar-refractivity contribution in [2.24, 2.45) is 0 Å². The molecule has 0 unspecified atom stereocenters. The van der Waals surface area contributed by atoms with Gasteiger partial charge in [0.05, 0.1) is 0 Å². The molecule has 2 N–H and O–H groups in total. The van der Waals surface area contributed by atoms with Gasteiger partial charge in [-0.2, -0.15) is 0 Å². The van der Waals surface area contributed by atoms with E-state index >= 15 is 0 Å². The van der Waals surface area contributed by atoms with Crippen molar-refractivity contribution in [3.63, 3.8) is 0 Å². The highest BCUT2D eigenvalue weighted by Gasteiger charge is 1.90. The Hall–Kier alpha value is -0.570. The molecule has 1 aromatic heterocycles. The van der Waals surface area contributed by atoms with Gasteiger partial charge in [0.1, 0.15) is 5.82 Å². The fraction of sp³-hybridized carbons (Fsp3) is 0.167. The molecule has 48 valence electrons. The smallest absolute Gasteiger partial charge is 0.124 e. The molecule has 0 radical (unpaired) electrons. The van der Waals surface area contributed by atoms with E-state index in [0.29, 0.717) is 4.47 Å². The SMILES string of the molecule is [2H]C([2H])([2H])c1cc(Br)cc(N)n1. The molecule has 2 nitrogen and oxygen atoms in total. The Morgan fingerprint density at radius 1 is 1.78 bits per heavy atom. The highest BCUT2D eigenvalue weighted by Crippen LogP contribution is 2.12. The first-order chi connectivity index (χ1) is 5.39. The van der Waals surface area contributed by atoms with Crippen LogP contribution in [0.5, 0.6) is 0 Å². The van der Waals surface area contributed by atoms with Gasteiger partial charge >= 0.3 is 0 Å². The topological polar surface area (TPSA) is 38.9 Å². The molecule has 3 heteroatoms. The number of aryl methyl sites for hydroxylation is 1. The Balaban J connectivity index is 3.18. The van der Waals surface area contributed by atoms with Gasteiger partial charge in [-0.3, -0.25) is 0 Å². The molecule has 0 saturated carbocycles. The Kier molecular flexibility index (Phi) is 0.931. The lowest BCUT2D eigenvalue weighted by Crippen LogP contribution is -1.90. The van der Waals surface area contributed by atoms with Crippen LogP contribution in [0.1, 0.15) is 9.81 Å². The number of hydrogen-bond acceptors (Lipinski definition) is 2. The molecule has 0 spiro atoms. The summed E-state index contributed by atoms with van der Waals surface area (Å²) in [5.74, 6) is 0.204. The van der Waals surface area contributed by atoms with E-state index in [1.807, 2.05) is 0 Å². The van der Waals surface area contributed by atoms with Crippen LogP contribution < -0.4 is 5.73 Å². The lowest BCUT2D eigenvalue weighted by Gasteiger charge is -1.94. The van der Waals surface area contributed by atoms with Crippen LogP contribution in [0.4, 0.5) is 5.82 Å².